The van der Waals surface area contributed by atoms with E-state index in [1.165, 1.54) is 18.2 Å². The molecule has 0 N–H and O–H groups in total. The number of fused-ring (bicyclic) bond motifs is 2. The topological polar surface area (TPSA) is 90.4 Å². The van der Waals surface area contributed by atoms with Crippen LogP contribution in [0, 0.1) is 25.2 Å². The number of amides is 1. The molecule has 9 heteroatoms. The van der Waals surface area contributed by atoms with E-state index in [1.54, 1.807) is 12.0 Å². The van der Waals surface area contributed by atoms with Gasteiger partial charge in [-0.05, 0) is 99.9 Å². The number of aromatic nitrogens is 1. The van der Waals surface area contributed by atoms with Gasteiger partial charge in [0, 0.05) is 32.3 Å². The van der Waals surface area contributed by atoms with Crippen molar-refractivity contribution in [3.8, 4) is 17.0 Å². The third kappa shape index (κ3) is 5.93. The first-order valence-electron chi connectivity index (χ1n) is 16.1. The van der Waals surface area contributed by atoms with E-state index in [9.17, 15) is 9.59 Å². The molecule has 1 aliphatic carbocycles. The summed E-state index contributed by atoms with van der Waals surface area (Å²) in [5, 5.41) is 0. The molecule has 1 saturated carbocycles. The van der Waals surface area contributed by atoms with Crippen molar-refractivity contribution in [2.45, 2.75) is 72.3 Å². The molecule has 1 amide bonds. The standard InChI is InChI=1S/C37H45N3O6/c1-23-11-14-31(45-21-26-13-12-25-19-39(16-15-28(25)24(26)2)35(42)46-36(3,4)5)29(17-23)30-9-8-10-33(38-30)40-20-27-18-37(27,34(41)44-7)32(40)22-43-6/h8-14,17,27,32H,15-16,18-22H2,1-7H3/t27-,32+,37+/m0/s1. The molecule has 6 rings (SSSR count). The highest BCUT2D eigenvalue weighted by atomic mass is 16.6. The number of rotatable bonds is 8. The van der Waals surface area contributed by atoms with Crippen molar-refractivity contribution in [2.24, 2.45) is 11.3 Å². The second-order valence-electron chi connectivity index (χ2n) is 13.9. The van der Waals surface area contributed by atoms with Crippen molar-refractivity contribution < 1.29 is 28.5 Å². The fourth-order valence-corrected chi connectivity index (χ4v) is 7.24. The van der Waals surface area contributed by atoms with Crippen LogP contribution in [-0.4, -0.2) is 67.5 Å². The molecule has 9 nitrogen and oxygen atoms in total. The van der Waals surface area contributed by atoms with Gasteiger partial charge in [-0.15, -0.1) is 0 Å². The van der Waals surface area contributed by atoms with E-state index < -0.39 is 11.0 Å². The fourth-order valence-electron chi connectivity index (χ4n) is 7.24. The maximum atomic E-state index is 12.8. The van der Waals surface area contributed by atoms with Crippen molar-refractivity contribution in [1.82, 2.24) is 9.88 Å². The molecular weight excluding hydrogens is 582 g/mol. The monoisotopic (exact) mass is 627 g/mol. The second-order valence-corrected chi connectivity index (χ2v) is 13.9. The lowest BCUT2D eigenvalue weighted by molar-refractivity contribution is -0.148. The first kappa shape index (κ1) is 31.9. The molecule has 3 aliphatic rings. The van der Waals surface area contributed by atoms with Crippen LogP contribution >= 0.6 is 0 Å². The smallest absolute Gasteiger partial charge is 0.410 e. The Hall–Kier alpha value is -4.11. The fraction of sp³-hybridized carbons (Fsp3) is 0.486. The third-order valence-electron chi connectivity index (χ3n) is 9.71. The Labute approximate surface area is 271 Å². The zero-order valence-electron chi connectivity index (χ0n) is 28.0. The van der Waals surface area contributed by atoms with Crippen molar-refractivity contribution in [3.63, 3.8) is 0 Å². The summed E-state index contributed by atoms with van der Waals surface area (Å²) in [6.07, 6.45) is 1.33. The van der Waals surface area contributed by atoms with Gasteiger partial charge in [0.2, 0.25) is 0 Å². The molecule has 2 aromatic carbocycles. The van der Waals surface area contributed by atoms with Gasteiger partial charge in [-0.3, -0.25) is 4.79 Å². The lowest BCUT2D eigenvalue weighted by Gasteiger charge is -2.32. The van der Waals surface area contributed by atoms with Gasteiger partial charge in [-0.25, -0.2) is 9.78 Å². The highest BCUT2D eigenvalue weighted by Gasteiger charge is 2.71. The zero-order chi connectivity index (χ0) is 32.8. The predicted molar refractivity (Wildman–Crippen MR) is 176 cm³/mol. The number of carbonyl (C=O) groups excluding carboxylic acids is 2. The summed E-state index contributed by atoms with van der Waals surface area (Å²) in [7, 11) is 3.13. The van der Waals surface area contributed by atoms with Crippen LogP contribution < -0.4 is 9.64 Å². The largest absolute Gasteiger partial charge is 0.488 e. The van der Waals surface area contributed by atoms with E-state index in [0.29, 0.717) is 26.3 Å². The SMILES string of the molecule is COC[C@H]1N(c2cccc(-c3cc(C)ccc3OCc3ccc4c(c3C)CCN(C(=O)OC(C)(C)C)C4)n2)C[C@@H]2C[C@@]21C(=O)OC. The Kier molecular flexibility index (Phi) is 8.48. The van der Waals surface area contributed by atoms with Crippen molar-refractivity contribution in [2.75, 3.05) is 38.8 Å². The van der Waals surface area contributed by atoms with Gasteiger partial charge in [-0.1, -0.05) is 29.8 Å². The number of nitrogens with zero attached hydrogens (tertiary/aromatic N) is 3. The molecule has 3 atom stereocenters. The number of aryl methyl sites for hydroxylation is 1. The van der Waals surface area contributed by atoms with Crippen LogP contribution in [0.25, 0.3) is 11.3 Å². The highest BCUT2D eigenvalue weighted by Crippen LogP contribution is 2.62. The number of hydrogen-bond acceptors (Lipinski definition) is 8. The van der Waals surface area contributed by atoms with Crippen molar-refractivity contribution in [3.05, 3.63) is 76.3 Å². The van der Waals surface area contributed by atoms with E-state index in [0.717, 1.165) is 58.9 Å². The van der Waals surface area contributed by atoms with E-state index >= 15 is 0 Å². The van der Waals surface area contributed by atoms with Crippen LogP contribution in [0.3, 0.4) is 0 Å². The highest BCUT2D eigenvalue weighted by molar-refractivity contribution is 5.84. The Balaban J connectivity index is 1.21. The van der Waals surface area contributed by atoms with Gasteiger partial charge in [0.25, 0.3) is 0 Å². The van der Waals surface area contributed by atoms with E-state index in [4.69, 9.17) is 23.9 Å². The molecule has 3 aromatic rings. The summed E-state index contributed by atoms with van der Waals surface area (Å²) < 4.78 is 22.9. The van der Waals surface area contributed by atoms with Gasteiger partial charge >= 0.3 is 12.1 Å². The average Bonchev–Trinajstić information content (AvgIpc) is 3.67. The summed E-state index contributed by atoms with van der Waals surface area (Å²) in [4.78, 5) is 34.6. The van der Waals surface area contributed by atoms with Gasteiger partial charge in [0.15, 0.2) is 0 Å². The summed E-state index contributed by atoms with van der Waals surface area (Å²) in [5.74, 6) is 1.65. The number of benzene rings is 2. The Morgan fingerprint density at radius 2 is 1.87 bits per heavy atom. The molecule has 1 aromatic heterocycles. The van der Waals surface area contributed by atoms with Gasteiger partial charge in [0.05, 0.1) is 30.9 Å². The van der Waals surface area contributed by atoms with E-state index in [1.807, 2.05) is 45.0 Å². The van der Waals surface area contributed by atoms with Crippen LogP contribution in [-0.2, 0) is 38.6 Å². The summed E-state index contributed by atoms with van der Waals surface area (Å²) in [6, 6.07) is 16.3. The lowest BCUT2D eigenvalue weighted by Crippen LogP contribution is -2.44. The van der Waals surface area contributed by atoms with Gasteiger partial charge in [0.1, 0.15) is 23.8 Å². The predicted octanol–water partition coefficient (Wildman–Crippen LogP) is 6.25. The van der Waals surface area contributed by atoms with Crippen molar-refractivity contribution >= 4 is 17.9 Å². The quantitative estimate of drug-likeness (QED) is 0.271. The number of esters is 1. The van der Waals surface area contributed by atoms with Crippen LogP contribution in [0.4, 0.5) is 10.6 Å². The Morgan fingerprint density at radius 3 is 2.61 bits per heavy atom. The third-order valence-corrected chi connectivity index (χ3v) is 9.71. The molecular formula is C37H45N3O6. The summed E-state index contributed by atoms with van der Waals surface area (Å²) in [6.45, 7) is 12.6. The molecule has 1 saturated heterocycles. The van der Waals surface area contributed by atoms with E-state index in [2.05, 4.69) is 43.0 Å². The van der Waals surface area contributed by atoms with E-state index in [-0.39, 0.29) is 24.0 Å². The summed E-state index contributed by atoms with van der Waals surface area (Å²) >= 11 is 0. The number of methoxy groups -OCH3 is 2. The molecule has 2 aliphatic heterocycles. The second kappa shape index (κ2) is 12.2. The van der Waals surface area contributed by atoms with Gasteiger partial charge in [-0.2, -0.15) is 0 Å². The number of pyridine rings is 1. The molecule has 2 fully saturated rings. The minimum absolute atomic E-state index is 0.130. The number of anilines is 1. The molecule has 3 heterocycles. The number of hydrogen-bond donors (Lipinski definition) is 0. The van der Waals surface area contributed by atoms with Crippen LogP contribution in [0.5, 0.6) is 5.75 Å². The molecule has 0 spiro atoms. The first-order valence-corrected chi connectivity index (χ1v) is 16.1. The number of ether oxygens (including phenoxy) is 4. The molecule has 244 valence electrons. The lowest BCUT2D eigenvalue weighted by atomic mass is 9.92. The number of carbonyl (C=O) groups is 2. The van der Waals surface area contributed by atoms with Gasteiger partial charge < -0.3 is 28.7 Å². The minimum atomic E-state index is -0.527. The van der Waals surface area contributed by atoms with Crippen molar-refractivity contribution in [1.29, 1.82) is 0 Å². The maximum Gasteiger partial charge on any atom is 0.410 e. The zero-order valence-corrected chi connectivity index (χ0v) is 28.0. The minimum Gasteiger partial charge on any atom is -0.488 e. The first-order chi connectivity index (χ1) is 21.9. The normalized spacial score (nSPS) is 21.8. The van der Waals surface area contributed by atoms with Crippen LogP contribution in [0.2, 0.25) is 0 Å². The Bertz CT molecular complexity index is 1650. The van der Waals surface area contributed by atoms with Crippen LogP contribution in [0.15, 0.2) is 48.5 Å². The Morgan fingerprint density at radius 1 is 1.07 bits per heavy atom. The number of piperidine rings is 1. The molecule has 0 unspecified atom stereocenters. The average molecular weight is 628 g/mol. The molecule has 46 heavy (non-hydrogen) atoms. The van der Waals surface area contributed by atoms with Crippen LogP contribution in [0.1, 0.15) is 55.0 Å². The molecule has 0 bridgehead atoms. The molecule has 0 radical (unpaired) electrons. The maximum absolute atomic E-state index is 12.8. The summed E-state index contributed by atoms with van der Waals surface area (Å²) in [5.41, 5.74) is 6.53.